The number of hydrogen-bond acceptors (Lipinski definition) is 5. The van der Waals surface area contributed by atoms with Crippen LogP contribution < -0.4 is 11.3 Å². The number of carbonyl (C=O) groups is 2. The monoisotopic (exact) mass is 398 g/mol. The van der Waals surface area contributed by atoms with Gasteiger partial charge in [-0.15, -0.1) is 11.3 Å². The van der Waals surface area contributed by atoms with Crippen molar-refractivity contribution in [2.45, 2.75) is 32.7 Å². The molecule has 0 radical (unpaired) electrons. The number of likely N-dealkylation sites (tertiary alicyclic amines) is 1. The Labute approximate surface area is 165 Å². The summed E-state index contributed by atoms with van der Waals surface area (Å²) in [4.78, 5) is 39.2. The predicted octanol–water partition coefficient (Wildman–Crippen LogP) is 2.20. The van der Waals surface area contributed by atoms with E-state index in [4.69, 9.17) is 5.73 Å². The molecule has 0 saturated carbocycles. The molecule has 1 aliphatic heterocycles. The minimum Gasteiger partial charge on any atom is -0.369 e. The summed E-state index contributed by atoms with van der Waals surface area (Å²) < 4.78 is 3.20. The number of amides is 2. The van der Waals surface area contributed by atoms with Crippen molar-refractivity contribution < 1.29 is 9.59 Å². The second-order valence-corrected chi connectivity index (χ2v) is 8.37. The number of rotatable bonds is 3. The van der Waals surface area contributed by atoms with E-state index in [1.165, 1.54) is 4.68 Å². The number of fused-ring (bicyclic) bond motifs is 3. The summed E-state index contributed by atoms with van der Waals surface area (Å²) in [5.74, 6) is -0.657. The van der Waals surface area contributed by atoms with Crippen molar-refractivity contribution in [1.82, 2.24) is 14.7 Å². The van der Waals surface area contributed by atoms with Crippen LogP contribution in [0.25, 0.3) is 20.2 Å². The van der Waals surface area contributed by atoms with Crippen molar-refractivity contribution in [2.24, 2.45) is 11.7 Å². The lowest BCUT2D eigenvalue weighted by Crippen LogP contribution is -2.45. The van der Waals surface area contributed by atoms with Gasteiger partial charge in [0.2, 0.25) is 11.8 Å². The maximum atomic E-state index is 13.2. The molecule has 2 aromatic heterocycles. The van der Waals surface area contributed by atoms with Crippen LogP contribution in [0.3, 0.4) is 0 Å². The first-order valence-corrected chi connectivity index (χ1v) is 10.2. The standard InChI is InChI=1S/C20H22N4O3S/c1-11-17-16(14-5-3-4-6-15(14)28-17)20(27)24(22-11)12(2)19(26)23-9-7-13(8-10-23)18(21)25/h3-6,12-13H,7-10H2,1-2H3,(H2,21,25)/t12-/m0/s1. The highest BCUT2D eigenvalue weighted by Crippen LogP contribution is 2.33. The van der Waals surface area contributed by atoms with Crippen molar-refractivity contribution in [1.29, 1.82) is 0 Å². The quantitative estimate of drug-likeness (QED) is 0.731. The van der Waals surface area contributed by atoms with Crippen LogP contribution in [-0.2, 0) is 9.59 Å². The van der Waals surface area contributed by atoms with E-state index in [0.29, 0.717) is 31.3 Å². The smallest absolute Gasteiger partial charge is 0.276 e. The Morgan fingerprint density at radius 3 is 2.61 bits per heavy atom. The number of benzene rings is 1. The number of aryl methyl sites for hydroxylation is 1. The van der Waals surface area contributed by atoms with E-state index in [1.54, 1.807) is 23.2 Å². The topological polar surface area (TPSA) is 98.3 Å². The number of aromatic nitrogens is 2. The Morgan fingerprint density at radius 1 is 1.25 bits per heavy atom. The molecule has 2 amide bonds. The number of piperidine rings is 1. The molecule has 4 rings (SSSR count). The van der Waals surface area contributed by atoms with E-state index in [-0.39, 0.29) is 23.3 Å². The molecule has 2 N–H and O–H groups in total. The van der Waals surface area contributed by atoms with Crippen LogP contribution in [0.5, 0.6) is 0 Å². The summed E-state index contributed by atoms with van der Waals surface area (Å²) >= 11 is 1.55. The molecular weight excluding hydrogens is 376 g/mol. The van der Waals surface area contributed by atoms with E-state index >= 15 is 0 Å². The predicted molar refractivity (Wildman–Crippen MR) is 109 cm³/mol. The molecule has 1 aromatic carbocycles. The van der Waals surface area contributed by atoms with Gasteiger partial charge in [-0.05, 0) is 32.8 Å². The number of nitrogens with zero attached hydrogens (tertiary/aromatic N) is 3. The highest BCUT2D eigenvalue weighted by Gasteiger charge is 2.30. The molecule has 3 heterocycles. The molecule has 1 saturated heterocycles. The van der Waals surface area contributed by atoms with Gasteiger partial charge in [-0.3, -0.25) is 14.4 Å². The minimum absolute atomic E-state index is 0.157. The first kappa shape index (κ1) is 18.6. The summed E-state index contributed by atoms with van der Waals surface area (Å²) in [5, 5.41) is 5.97. The van der Waals surface area contributed by atoms with E-state index in [9.17, 15) is 14.4 Å². The molecule has 0 bridgehead atoms. The molecule has 0 spiro atoms. The van der Waals surface area contributed by atoms with Gasteiger partial charge < -0.3 is 10.6 Å². The Bertz CT molecular complexity index is 1140. The van der Waals surface area contributed by atoms with Gasteiger partial charge >= 0.3 is 0 Å². The number of carbonyl (C=O) groups excluding carboxylic acids is 2. The van der Waals surface area contributed by atoms with Gasteiger partial charge in [0, 0.05) is 29.1 Å². The van der Waals surface area contributed by atoms with Crippen LogP contribution in [0, 0.1) is 12.8 Å². The Hall–Kier alpha value is -2.74. The normalized spacial score (nSPS) is 16.6. The SMILES string of the molecule is Cc1nn([C@@H](C)C(=O)N2CCC(C(N)=O)CC2)c(=O)c2c1sc1ccccc12. The van der Waals surface area contributed by atoms with Crippen LogP contribution >= 0.6 is 11.3 Å². The Kier molecular flexibility index (Phi) is 4.66. The van der Waals surface area contributed by atoms with Gasteiger partial charge in [-0.2, -0.15) is 5.10 Å². The molecule has 0 aliphatic carbocycles. The van der Waals surface area contributed by atoms with E-state index < -0.39 is 6.04 Å². The maximum absolute atomic E-state index is 13.2. The lowest BCUT2D eigenvalue weighted by Gasteiger charge is -2.32. The Morgan fingerprint density at radius 2 is 1.93 bits per heavy atom. The second-order valence-electron chi connectivity index (χ2n) is 7.32. The molecule has 146 valence electrons. The number of nitrogens with two attached hydrogens (primary N) is 1. The van der Waals surface area contributed by atoms with Crippen molar-refractivity contribution in [2.75, 3.05) is 13.1 Å². The summed E-state index contributed by atoms with van der Waals surface area (Å²) in [6, 6.07) is 7.06. The zero-order valence-electron chi connectivity index (χ0n) is 15.8. The van der Waals surface area contributed by atoms with Crippen molar-refractivity contribution in [3.8, 4) is 0 Å². The van der Waals surface area contributed by atoms with Gasteiger partial charge in [0.15, 0.2) is 0 Å². The molecule has 0 unspecified atom stereocenters. The van der Waals surface area contributed by atoms with Gasteiger partial charge in [0.05, 0.1) is 15.8 Å². The molecular formula is C20H22N4O3S. The third-order valence-electron chi connectivity index (χ3n) is 5.54. The number of primary amides is 1. The van der Waals surface area contributed by atoms with Crippen LogP contribution in [0.2, 0.25) is 0 Å². The van der Waals surface area contributed by atoms with Crippen LogP contribution in [-0.4, -0.2) is 39.6 Å². The highest BCUT2D eigenvalue weighted by atomic mass is 32.1. The molecule has 1 atom stereocenters. The number of hydrogen-bond donors (Lipinski definition) is 1. The average molecular weight is 398 g/mol. The fraction of sp³-hybridized carbons (Fsp3) is 0.400. The molecule has 3 aromatic rings. The summed E-state index contributed by atoms with van der Waals surface area (Å²) in [7, 11) is 0. The molecule has 1 fully saturated rings. The lowest BCUT2D eigenvalue weighted by molar-refractivity contribution is -0.137. The van der Waals surface area contributed by atoms with Crippen LogP contribution in [0.15, 0.2) is 29.1 Å². The summed E-state index contributed by atoms with van der Waals surface area (Å²) in [6.07, 6.45) is 1.12. The largest absolute Gasteiger partial charge is 0.369 e. The van der Waals surface area contributed by atoms with E-state index in [2.05, 4.69) is 5.10 Å². The molecule has 1 aliphatic rings. The van der Waals surface area contributed by atoms with E-state index in [1.807, 2.05) is 31.2 Å². The third-order valence-corrected chi connectivity index (χ3v) is 6.82. The third kappa shape index (κ3) is 2.97. The highest BCUT2D eigenvalue weighted by molar-refractivity contribution is 7.26. The molecule has 7 nitrogen and oxygen atoms in total. The Balaban J connectivity index is 1.70. The van der Waals surface area contributed by atoms with Crippen LogP contribution in [0.1, 0.15) is 31.5 Å². The van der Waals surface area contributed by atoms with Crippen LogP contribution in [0.4, 0.5) is 0 Å². The van der Waals surface area contributed by atoms with Crippen molar-refractivity contribution >= 4 is 43.3 Å². The van der Waals surface area contributed by atoms with Gasteiger partial charge in [0.25, 0.3) is 5.56 Å². The molecule has 8 heteroatoms. The number of thiophene rings is 1. The zero-order chi connectivity index (χ0) is 20.0. The zero-order valence-corrected chi connectivity index (χ0v) is 16.7. The first-order valence-electron chi connectivity index (χ1n) is 9.37. The lowest BCUT2D eigenvalue weighted by atomic mass is 9.96. The van der Waals surface area contributed by atoms with E-state index in [0.717, 1.165) is 20.5 Å². The van der Waals surface area contributed by atoms with Crippen molar-refractivity contribution in [3.63, 3.8) is 0 Å². The minimum atomic E-state index is -0.709. The fourth-order valence-corrected chi connectivity index (χ4v) is 5.03. The van der Waals surface area contributed by atoms with Gasteiger partial charge in [-0.1, -0.05) is 18.2 Å². The molecule has 28 heavy (non-hydrogen) atoms. The van der Waals surface area contributed by atoms with Gasteiger partial charge in [0.1, 0.15) is 6.04 Å². The fourth-order valence-electron chi connectivity index (χ4n) is 3.90. The summed E-state index contributed by atoms with van der Waals surface area (Å²) in [6.45, 7) is 4.50. The average Bonchev–Trinajstić information content (AvgIpc) is 3.10. The second kappa shape index (κ2) is 7.01. The van der Waals surface area contributed by atoms with Gasteiger partial charge in [-0.25, -0.2) is 4.68 Å². The van der Waals surface area contributed by atoms with Crippen molar-refractivity contribution in [3.05, 3.63) is 40.3 Å². The maximum Gasteiger partial charge on any atom is 0.276 e. The first-order chi connectivity index (χ1) is 13.4. The summed E-state index contributed by atoms with van der Waals surface area (Å²) in [5.41, 5.74) is 5.86.